The summed E-state index contributed by atoms with van der Waals surface area (Å²) >= 11 is 9.52. The predicted molar refractivity (Wildman–Crippen MR) is 74.4 cm³/mol. The molecule has 1 heterocycles. The highest BCUT2D eigenvalue weighted by Gasteiger charge is 2.13. The van der Waals surface area contributed by atoms with Gasteiger partial charge in [-0.05, 0) is 36.6 Å². The maximum absolute atomic E-state index is 6.02. The Bertz CT molecular complexity index is 346. The molecule has 3 heteroatoms. The summed E-state index contributed by atoms with van der Waals surface area (Å²) < 4.78 is 1.11. The maximum atomic E-state index is 6.02. The smallest absolute Gasteiger partial charge is 0.0494 e. The molecule has 0 atom stereocenters. The first kappa shape index (κ1) is 12.3. The molecule has 0 aromatic heterocycles. The molecule has 1 aliphatic rings. The van der Waals surface area contributed by atoms with Crippen molar-refractivity contribution < 1.29 is 0 Å². The van der Waals surface area contributed by atoms with Gasteiger partial charge in [-0.2, -0.15) is 0 Å². The van der Waals surface area contributed by atoms with Crippen LogP contribution < -0.4 is 4.90 Å². The summed E-state index contributed by atoms with van der Waals surface area (Å²) in [4.78, 5) is 2.48. The van der Waals surface area contributed by atoms with Crippen LogP contribution >= 0.6 is 27.5 Å². The number of hydrogen-bond acceptors (Lipinski definition) is 1. The van der Waals surface area contributed by atoms with E-state index in [2.05, 4.69) is 39.0 Å². The zero-order valence-corrected chi connectivity index (χ0v) is 11.7. The van der Waals surface area contributed by atoms with Crippen molar-refractivity contribution in [2.24, 2.45) is 0 Å². The molecule has 0 radical (unpaired) electrons. The zero-order chi connectivity index (χ0) is 11.4. The molecule has 1 aliphatic heterocycles. The fourth-order valence-electron chi connectivity index (χ4n) is 2.28. The van der Waals surface area contributed by atoms with Crippen LogP contribution in [0.3, 0.4) is 0 Å². The van der Waals surface area contributed by atoms with Crippen molar-refractivity contribution in [3.63, 3.8) is 0 Å². The molecule has 1 aromatic rings. The standard InChI is InChI=1S/C13H17BrClN/c14-12-5-6-13(11(9-12)10-15)16-7-3-1-2-4-8-16/h5-6,9H,1-4,7-8,10H2. The van der Waals surface area contributed by atoms with E-state index in [4.69, 9.17) is 11.6 Å². The van der Waals surface area contributed by atoms with Gasteiger partial charge in [0.05, 0.1) is 0 Å². The lowest BCUT2D eigenvalue weighted by molar-refractivity contribution is 0.726. The van der Waals surface area contributed by atoms with E-state index in [1.54, 1.807) is 0 Å². The fourth-order valence-corrected chi connectivity index (χ4v) is 2.90. The van der Waals surface area contributed by atoms with Gasteiger partial charge in [-0.1, -0.05) is 28.8 Å². The van der Waals surface area contributed by atoms with E-state index in [-0.39, 0.29) is 0 Å². The normalized spacial score (nSPS) is 17.2. The summed E-state index contributed by atoms with van der Waals surface area (Å²) in [6, 6.07) is 6.43. The van der Waals surface area contributed by atoms with Crippen molar-refractivity contribution in [1.29, 1.82) is 0 Å². The van der Waals surface area contributed by atoms with Gasteiger partial charge < -0.3 is 4.90 Å². The Kier molecular flexibility index (Phi) is 4.54. The Morgan fingerprint density at radius 1 is 1.12 bits per heavy atom. The van der Waals surface area contributed by atoms with Crippen LogP contribution in [0.15, 0.2) is 22.7 Å². The average Bonchev–Trinajstić information content (AvgIpc) is 2.57. The Morgan fingerprint density at radius 2 is 1.81 bits per heavy atom. The van der Waals surface area contributed by atoms with Crippen LogP contribution in [0, 0.1) is 0 Å². The molecule has 0 aliphatic carbocycles. The van der Waals surface area contributed by atoms with Crippen LogP contribution in [-0.2, 0) is 5.88 Å². The van der Waals surface area contributed by atoms with Gasteiger partial charge in [0.25, 0.3) is 0 Å². The second-order valence-electron chi connectivity index (χ2n) is 4.31. The highest BCUT2D eigenvalue weighted by molar-refractivity contribution is 9.10. The third kappa shape index (κ3) is 2.92. The van der Waals surface area contributed by atoms with Gasteiger partial charge in [0.2, 0.25) is 0 Å². The molecule has 1 saturated heterocycles. The molecule has 0 bridgehead atoms. The van der Waals surface area contributed by atoms with E-state index in [9.17, 15) is 0 Å². The fraction of sp³-hybridized carbons (Fsp3) is 0.538. The van der Waals surface area contributed by atoms with Crippen LogP contribution in [0.1, 0.15) is 31.2 Å². The van der Waals surface area contributed by atoms with Crippen molar-refractivity contribution in [3.8, 4) is 0 Å². The minimum atomic E-state index is 0.589. The molecule has 1 nitrogen and oxygen atoms in total. The van der Waals surface area contributed by atoms with Crippen molar-refractivity contribution >= 4 is 33.2 Å². The zero-order valence-electron chi connectivity index (χ0n) is 9.38. The number of rotatable bonds is 2. The Morgan fingerprint density at radius 3 is 2.44 bits per heavy atom. The van der Waals surface area contributed by atoms with E-state index in [0.717, 1.165) is 4.47 Å². The first-order chi connectivity index (χ1) is 7.81. The number of halogens is 2. The van der Waals surface area contributed by atoms with E-state index in [1.807, 2.05) is 0 Å². The van der Waals surface area contributed by atoms with Gasteiger partial charge in [0.15, 0.2) is 0 Å². The Balaban J connectivity index is 2.23. The number of hydrogen-bond donors (Lipinski definition) is 0. The van der Waals surface area contributed by atoms with Gasteiger partial charge in [0, 0.05) is 29.1 Å². The van der Waals surface area contributed by atoms with Crippen LogP contribution in [0.5, 0.6) is 0 Å². The van der Waals surface area contributed by atoms with Crippen molar-refractivity contribution in [2.75, 3.05) is 18.0 Å². The van der Waals surface area contributed by atoms with Crippen molar-refractivity contribution in [3.05, 3.63) is 28.2 Å². The van der Waals surface area contributed by atoms with E-state index in [1.165, 1.54) is 50.0 Å². The largest absolute Gasteiger partial charge is 0.371 e. The van der Waals surface area contributed by atoms with Gasteiger partial charge in [-0.3, -0.25) is 0 Å². The highest BCUT2D eigenvalue weighted by atomic mass is 79.9. The summed E-state index contributed by atoms with van der Waals surface area (Å²) in [5, 5.41) is 0. The number of alkyl halides is 1. The first-order valence-electron chi connectivity index (χ1n) is 5.90. The number of nitrogens with zero attached hydrogens (tertiary/aromatic N) is 1. The molecule has 88 valence electrons. The van der Waals surface area contributed by atoms with E-state index >= 15 is 0 Å². The lowest BCUT2D eigenvalue weighted by Crippen LogP contribution is -2.24. The molecule has 2 rings (SSSR count). The van der Waals surface area contributed by atoms with Crippen molar-refractivity contribution in [2.45, 2.75) is 31.6 Å². The quantitative estimate of drug-likeness (QED) is 0.723. The Labute approximate surface area is 111 Å². The monoisotopic (exact) mass is 301 g/mol. The Hall–Kier alpha value is -0.210. The average molecular weight is 303 g/mol. The molecule has 0 N–H and O–H groups in total. The summed E-state index contributed by atoms with van der Waals surface area (Å²) in [5.41, 5.74) is 2.55. The summed E-state index contributed by atoms with van der Waals surface area (Å²) in [7, 11) is 0. The minimum absolute atomic E-state index is 0.589. The van der Waals surface area contributed by atoms with Gasteiger partial charge in [0.1, 0.15) is 0 Å². The van der Waals surface area contributed by atoms with Gasteiger partial charge >= 0.3 is 0 Å². The highest BCUT2D eigenvalue weighted by Crippen LogP contribution is 2.27. The first-order valence-corrected chi connectivity index (χ1v) is 7.23. The van der Waals surface area contributed by atoms with Crippen LogP contribution in [0.2, 0.25) is 0 Å². The molecule has 0 unspecified atom stereocenters. The molecular formula is C13H17BrClN. The summed E-state index contributed by atoms with van der Waals surface area (Å²) in [6.45, 7) is 2.34. The summed E-state index contributed by atoms with van der Waals surface area (Å²) in [6.07, 6.45) is 5.34. The third-order valence-electron chi connectivity index (χ3n) is 3.13. The van der Waals surface area contributed by atoms with Crippen LogP contribution in [0.25, 0.3) is 0 Å². The van der Waals surface area contributed by atoms with Gasteiger partial charge in [-0.15, -0.1) is 11.6 Å². The lowest BCUT2D eigenvalue weighted by atomic mass is 10.1. The predicted octanol–water partition coefficient (Wildman–Crippen LogP) is 4.57. The molecule has 0 spiro atoms. The number of anilines is 1. The van der Waals surface area contributed by atoms with Gasteiger partial charge in [-0.25, -0.2) is 0 Å². The molecule has 0 amide bonds. The third-order valence-corrected chi connectivity index (χ3v) is 3.91. The topological polar surface area (TPSA) is 3.24 Å². The molecule has 1 fully saturated rings. The molecule has 0 saturated carbocycles. The molecule has 16 heavy (non-hydrogen) atoms. The lowest BCUT2D eigenvalue weighted by Gasteiger charge is -2.25. The second kappa shape index (κ2) is 5.92. The molecular weight excluding hydrogens is 286 g/mol. The van der Waals surface area contributed by atoms with E-state index < -0.39 is 0 Å². The van der Waals surface area contributed by atoms with Crippen LogP contribution in [0.4, 0.5) is 5.69 Å². The summed E-state index contributed by atoms with van der Waals surface area (Å²) in [5.74, 6) is 0.589. The number of benzene rings is 1. The SMILES string of the molecule is ClCc1cc(Br)ccc1N1CCCCCC1. The molecule has 1 aromatic carbocycles. The van der Waals surface area contributed by atoms with Crippen LogP contribution in [-0.4, -0.2) is 13.1 Å². The minimum Gasteiger partial charge on any atom is -0.371 e. The van der Waals surface area contributed by atoms with Crippen molar-refractivity contribution in [1.82, 2.24) is 0 Å². The van der Waals surface area contributed by atoms with E-state index in [0.29, 0.717) is 5.88 Å². The second-order valence-corrected chi connectivity index (χ2v) is 5.49. The maximum Gasteiger partial charge on any atom is 0.0494 e.